The second kappa shape index (κ2) is 7.27. The van der Waals surface area contributed by atoms with Gasteiger partial charge in [-0.25, -0.2) is 0 Å². The summed E-state index contributed by atoms with van der Waals surface area (Å²) >= 11 is 0. The van der Waals surface area contributed by atoms with Gasteiger partial charge in [-0.2, -0.15) is 0 Å². The molecule has 0 aromatic heterocycles. The first-order valence-electron chi connectivity index (χ1n) is 9.23. The van der Waals surface area contributed by atoms with Crippen LogP contribution in [0.5, 0.6) is 0 Å². The Labute approximate surface area is 145 Å². The molecule has 2 aromatic rings. The van der Waals surface area contributed by atoms with Crippen LogP contribution >= 0.6 is 0 Å². The molecule has 0 atom stereocenters. The summed E-state index contributed by atoms with van der Waals surface area (Å²) in [6, 6.07) is 19.9. The summed E-state index contributed by atoms with van der Waals surface area (Å²) in [5.41, 5.74) is 4.09. The van der Waals surface area contributed by atoms with Crippen LogP contribution in [0.25, 0.3) is 0 Å². The Morgan fingerprint density at radius 3 is 1.92 bits per heavy atom. The maximum absolute atomic E-state index is 3.57. The number of anilines is 2. The Hall–Kier alpha value is -2.00. The van der Waals surface area contributed by atoms with Crippen LogP contribution in [-0.4, -0.2) is 32.7 Å². The van der Waals surface area contributed by atoms with Crippen LogP contribution in [0.1, 0.15) is 18.4 Å². The molecular formula is C21H27N3. The van der Waals surface area contributed by atoms with Crippen molar-refractivity contribution in [3.05, 3.63) is 60.2 Å². The minimum absolute atomic E-state index is 0.949. The SMILES string of the molecule is c1ccc(N2CCN(c3ccc(CNCC4CC4)cc3)CC2)cc1. The fourth-order valence-electron chi connectivity index (χ4n) is 3.43. The highest BCUT2D eigenvalue weighted by Crippen LogP contribution is 2.27. The Kier molecular flexibility index (Phi) is 4.70. The molecule has 1 saturated heterocycles. The third-order valence-electron chi connectivity index (χ3n) is 5.16. The topological polar surface area (TPSA) is 18.5 Å². The Balaban J connectivity index is 1.28. The average Bonchev–Trinajstić information content (AvgIpc) is 3.48. The van der Waals surface area contributed by atoms with Crippen LogP contribution < -0.4 is 15.1 Å². The molecule has 3 nitrogen and oxygen atoms in total. The Morgan fingerprint density at radius 2 is 1.33 bits per heavy atom. The number of benzene rings is 2. The van der Waals surface area contributed by atoms with Crippen molar-refractivity contribution in [1.29, 1.82) is 0 Å². The van der Waals surface area contributed by atoms with Crippen molar-refractivity contribution in [2.24, 2.45) is 5.92 Å². The molecule has 0 unspecified atom stereocenters. The molecule has 24 heavy (non-hydrogen) atoms. The van der Waals surface area contributed by atoms with Crippen LogP contribution in [0.15, 0.2) is 54.6 Å². The second-order valence-corrected chi connectivity index (χ2v) is 7.05. The maximum atomic E-state index is 3.57. The van der Waals surface area contributed by atoms with Crippen molar-refractivity contribution in [1.82, 2.24) is 5.32 Å². The summed E-state index contributed by atoms with van der Waals surface area (Å²) < 4.78 is 0. The quantitative estimate of drug-likeness (QED) is 0.878. The summed E-state index contributed by atoms with van der Waals surface area (Å²) in [6.45, 7) is 6.55. The molecule has 0 amide bonds. The molecule has 2 fully saturated rings. The summed E-state index contributed by atoms with van der Waals surface area (Å²) in [5, 5.41) is 3.57. The smallest absolute Gasteiger partial charge is 0.0367 e. The monoisotopic (exact) mass is 321 g/mol. The fourth-order valence-corrected chi connectivity index (χ4v) is 3.43. The normalized spacial score (nSPS) is 18.0. The van der Waals surface area contributed by atoms with Crippen molar-refractivity contribution in [3.8, 4) is 0 Å². The van der Waals surface area contributed by atoms with Gasteiger partial charge in [0.1, 0.15) is 0 Å². The Bertz CT molecular complexity index is 626. The van der Waals surface area contributed by atoms with E-state index < -0.39 is 0 Å². The van der Waals surface area contributed by atoms with Crippen LogP contribution in [0.2, 0.25) is 0 Å². The largest absolute Gasteiger partial charge is 0.368 e. The minimum atomic E-state index is 0.949. The second-order valence-electron chi connectivity index (χ2n) is 7.05. The van der Waals surface area contributed by atoms with Gasteiger partial charge in [-0.1, -0.05) is 30.3 Å². The van der Waals surface area contributed by atoms with Gasteiger partial charge in [-0.05, 0) is 55.1 Å². The van der Waals surface area contributed by atoms with Gasteiger partial charge in [0.15, 0.2) is 0 Å². The standard InChI is InChI=1S/C21H27N3/c1-2-4-20(5-3-1)23-12-14-24(15-13-23)21-10-8-19(9-11-21)17-22-16-18-6-7-18/h1-5,8-11,18,22H,6-7,12-17H2. The molecular weight excluding hydrogens is 294 g/mol. The highest BCUT2D eigenvalue weighted by molar-refractivity contribution is 5.52. The third-order valence-corrected chi connectivity index (χ3v) is 5.16. The van der Waals surface area contributed by atoms with E-state index in [1.54, 1.807) is 0 Å². The molecule has 1 aliphatic carbocycles. The first kappa shape index (κ1) is 15.5. The lowest BCUT2D eigenvalue weighted by molar-refractivity contribution is 0.638. The number of piperazine rings is 1. The van der Waals surface area contributed by atoms with Gasteiger partial charge in [0, 0.05) is 44.1 Å². The summed E-state index contributed by atoms with van der Waals surface area (Å²) in [5.74, 6) is 0.949. The van der Waals surface area contributed by atoms with Crippen LogP contribution in [0, 0.1) is 5.92 Å². The van der Waals surface area contributed by atoms with Crippen molar-refractivity contribution >= 4 is 11.4 Å². The van der Waals surface area contributed by atoms with E-state index in [1.807, 2.05) is 0 Å². The van der Waals surface area contributed by atoms with Gasteiger partial charge >= 0.3 is 0 Å². The van der Waals surface area contributed by atoms with E-state index in [4.69, 9.17) is 0 Å². The molecule has 0 radical (unpaired) electrons. The predicted octanol–water partition coefficient (Wildman–Crippen LogP) is 3.51. The first-order valence-corrected chi connectivity index (χ1v) is 9.23. The van der Waals surface area contributed by atoms with Gasteiger partial charge in [-0.3, -0.25) is 0 Å². The van der Waals surface area contributed by atoms with Crippen molar-refractivity contribution in [2.75, 3.05) is 42.5 Å². The molecule has 1 aliphatic heterocycles. The molecule has 1 saturated carbocycles. The van der Waals surface area contributed by atoms with Crippen LogP contribution in [-0.2, 0) is 6.54 Å². The highest BCUT2D eigenvalue weighted by Gasteiger charge is 2.20. The zero-order valence-corrected chi connectivity index (χ0v) is 14.3. The zero-order valence-electron chi connectivity index (χ0n) is 14.3. The van der Waals surface area contributed by atoms with Gasteiger partial charge in [-0.15, -0.1) is 0 Å². The summed E-state index contributed by atoms with van der Waals surface area (Å²) in [6.07, 6.45) is 2.84. The molecule has 0 spiro atoms. The molecule has 1 heterocycles. The zero-order chi connectivity index (χ0) is 16.2. The molecule has 2 aliphatic rings. The lowest BCUT2D eigenvalue weighted by Gasteiger charge is -2.37. The number of rotatable bonds is 6. The average molecular weight is 321 g/mol. The van der Waals surface area contributed by atoms with Gasteiger partial charge in [0.25, 0.3) is 0 Å². The van der Waals surface area contributed by atoms with E-state index >= 15 is 0 Å². The number of para-hydroxylation sites is 1. The lowest BCUT2D eigenvalue weighted by atomic mass is 10.1. The van der Waals surface area contributed by atoms with Crippen LogP contribution in [0.3, 0.4) is 0 Å². The summed E-state index contributed by atoms with van der Waals surface area (Å²) in [7, 11) is 0. The van der Waals surface area contributed by atoms with E-state index in [-0.39, 0.29) is 0 Å². The molecule has 3 heteroatoms. The van der Waals surface area contributed by atoms with Crippen molar-refractivity contribution in [2.45, 2.75) is 19.4 Å². The van der Waals surface area contributed by atoms with Gasteiger partial charge in [0.2, 0.25) is 0 Å². The predicted molar refractivity (Wildman–Crippen MR) is 102 cm³/mol. The highest BCUT2D eigenvalue weighted by atomic mass is 15.3. The Morgan fingerprint density at radius 1 is 0.750 bits per heavy atom. The van der Waals surface area contributed by atoms with E-state index in [2.05, 4.69) is 69.7 Å². The lowest BCUT2D eigenvalue weighted by Crippen LogP contribution is -2.46. The van der Waals surface area contributed by atoms with Crippen molar-refractivity contribution < 1.29 is 0 Å². The number of nitrogens with zero attached hydrogens (tertiary/aromatic N) is 2. The van der Waals surface area contributed by atoms with Gasteiger partial charge < -0.3 is 15.1 Å². The minimum Gasteiger partial charge on any atom is -0.368 e. The van der Waals surface area contributed by atoms with E-state index in [1.165, 1.54) is 36.3 Å². The third kappa shape index (κ3) is 3.90. The first-order chi connectivity index (χ1) is 11.9. The van der Waals surface area contributed by atoms with E-state index in [9.17, 15) is 0 Å². The van der Waals surface area contributed by atoms with Crippen molar-refractivity contribution in [3.63, 3.8) is 0 Å². The molecule has 0 bridgehead atoms. The maximum Gasteiger partial charge on any atom is 0.0367 e. The molecule has 1 N–H and O–H groups in total. The van der Waals surface area contributed by atoms with Gasteiger partial charge in [0.05, 0.1) is 0 Å². The van der Waals surface area contributed by atoms with E-state index in [0.717, 1.165) is 38.6 Å². The number of hydrogen-bond donors (Lipinski definition) is 1. The molecule has 2 aromatic carbocycles. The molecule has 126 valence electrons. The molecule has 4 rings (SSSR count). The summed E-state index contributed by atoms with van der Waals surface area (Å²) in [4.78, 5) is 4.98. The fraction of sp³-hybridized carbons (Fsp3) is 0.429. The number of nitrogens with one attached hydrogen (secondary N) is 1. The van der Waals surface area contributed by atoms with E-state index in [0.29, 0.717) is 0 Å². The van der Waals surface area contributed by atoms with Crippen LogP contribution in [0.4, 0.5) is 11.4 Å². The number of hydrogen-bond acceptors (Lipinski definition) is 3.